The van der Waals surface area contributed by atoms with E-state index in [1.807, 2.05) is 12.1 Å². The quantitative estimate of drug-likeness (QED) is 0.816. The van der Waals surface area contributed by atoms with Crippen LogP contribution >= 0.6 is 15.9 Å². The highest BCUT2D eigenvalue weighted by Gasteiger charge is 2.04. The summed E-state index contributed by atoms with van der Waals surface area (Å²) in [5.41, 5.74) is 13.4. The van der Waals surface area contributed by atoms with Crippen molar-refractivity contribution in [2.75, 3.05) is 7.11 Å². The second kappa shape index (κ2) is 4.76. The predicted molar refractivity (Wildman–Crippen MR) is 58.0 cm³/mol. The van der Waals surface area contributed by atoms with Crippen LogP contribution in [0.2, 0.25) is 0 Å². The number of nitrogens with one attached hydrogen (secondary N) is 1. The van der Waals surface area contributed by atoms with Crippen molar-refractivity contribution in [2.24, 2.45) is 10.8 Å². The van der Waals surface area contributed by atoms with Crippen LogP contribution in [0.3, 0.4) is 0 Å². The number of hydrogen-bond acceptors (Lipinski definition) is 4. The molecule has 0 atom stereocenters. The number of benzene rings is 1. The van der Waals surface area contributed by atoms with E-state index in [0.717, 1.165) is 10.0 Å². The Morgan fingerprint density at radius 2 is 2.36 bits per heavy atom. The van der Waals surface area contributed by atoms with Gasteiger partial charge in [0, 0.05) is 11.8 Å². The zero-order valence-electron chi connectivity index (χ0n) is 7.62. The van der Waals surface area contributed by atoms with Crippen LogP contribution in [0.25, 0.3) is 5.70 Å². The van der Waals surface area contributed by atoms with Crippen LogP contribution in [0, 0.1) is 5.53 Å². The number of nitrogens with zero attached hydrogens (tertiary/aromatic N) is 1. The van der Waals surface area contributed by atoms with E-state index in [-0.39, 0.29) is 0 Å². The molecule has 4 nitrogen and oxygen atoms in total. The molecule has 0 aliphatic carbocycles. The first-order valence-electron chi connectivity index (χ1n) is 3.86. The van der Waals surface area contributed by atoms with Crippen LogP contribution < -0.4 is 10.5 Å². The van der Waals surface area contributed by atoms with Crippen LogP contribution in [-0.2, 0) is 0 Å². The second-order valence-corrected chi connectivity index (χ2v) is 3.37. The van der Waals surface area contributed by atoms with Gasteiger partial charge in [-0.3, -0.25) is 0 Å². The van der Waals surface area contributed by atoms with Gasteiger partial charge in [-0.25, -0.2) is 5.53 Å². The van der Waals surface area contributed by atoms with Gasteiger partial charge in [-0.05, 0) is 28.1 Å². The van der Waals surface area contributed by atoms with E-state index in [0.29, 0.717) is 11.4 Å². The minimum atomic E-state index is 0.413. The van der Waals surface area contributed by atoms with Crippen LogP contribution in [0.1, 0.15) is 5.56 Å². The third kappa shape index (κ3) is 2.11. The van der Waals surface area contributed by atoms with E-state index in [9.17, 15) is 0 Å². The Bertz CT molecular complexity index is 376. The summed E-state index contributed by atoms with van der Waals surface area (Å²) >= 11 is 3.33. The summed E-state index contributed by atoms with van der Waals surface area (Å²) in [4.78, 5) is 0. The molecule has 1 rings (SSSR count). The van der Waals surface area contributed by atoms with Crippen molar-refractivity contribution >= 4 is 21.6 Å². The molecule has 0 aliphatic rings. The van der Waals surface area contributed by atoms with Crippen LogP contribution in [-0.4, -0.2) is 7.11 Å². The van der Waals surface area contributed by atoms with Gasteiger partial charge in [0.25, 0.3) is 0 Å². The lowest BCUT2D eigenvalue weighted by Gasteiger charge is -2.05. The van der Waals surface area contributed by atoms with Gasteiger partial charge in [0.2, 0.25) is 0 Å². The molecular formula is C9H10BrN3O. The molecule has 0 saturated carbocycles. The summed E-state index contributed by atoms with van der Waals surface area (Å²) in [6, 6.07) is 5.40. The monoisotopic (exact) mass is 255 g/mol. The molecule has 0 unspecified atom stereocenters. The van der Waals surface area contributed by atoms with Gasteiger partial charge in [0.15, 0.2) is 0 Å². The first-order valence-corrected chi connectivity index (χ1v) is 4.65. The summed E-state index contributed by atoms with van der Waals surface area (Å²) in [6.45, 7) is 0. The number of hydrogen-bond donors (Lipinski definition) is 2. The third-order valence-electron chi connectivity index (χ3n) is 1.73. The average molecular weight is 256 g/mol. The van der Waals surface area contributed by atoms with Crippen molar-refractivity contribution < 1.29 is 4.74 Å². The highest BCUT2D eigenvalue weighted by atomic mass is 79.9. The van der Waals surface area contributed by atoms with Crippen molar-refractivity contribution in [3.63, 3.8) is 0 Å². The van der Waals surface area contributed by atoms with Crippen molar-refractivity contribution in [3.8, 4) is 5.75 Å². The Morgan fingerprint density at radius 1 is 1.64 bits per heavy atom. The third-order valence-corrected chi connectivity index (χ3v) is 2.38. The van der Waals surface area contributed by atoms with E-state index in [1.54, 1.807) is 13.2 Å². The molecule has 0 bridgehead atoms. The van der Waals surface area contributed by atoms with Crippen LogP contribution in [0.4, 0.5) is 0 Å². The van der Waals surface area contributed by atoms with E-state index in [2.05, 4.69) is 21.0 Å². The Kier molecular flexibility index (Phi) is 3.64. The highest BCUT2D eigenvalue weighted by molar-refractivity contribution is 9.10. The van der Waals surface area contributed by atoms with Gasteiger partial charge >= 0.3 is 0 Å². The molecule has 74 valence electrons. The molecule has 14 heavy (non-hydrogen) atoms. The SMILES string of the molecule is COc1cc(/C(=C/N)N=N)ccc1Br. The van der Waals surface area contributed by atoms with Gasteiger partial charge in [-0.1, -0.05) is 6.07 Å². The molecule has 0 amide bonds. The standard InChI is InChI=1S/C9H10BrN3O/c1-14-9-4-6(2-3-7(9)10)8(5-11)13-12/h2-5,12H,11H2,1H3/b8-5-,13-12?. The zero-order chi connectivity index (χ0) is 10.6. The molecule has 0 saturated heterocycles. The van der Waals surface area contributed by atoms with E-state index in [1.165, 1.54) is 6.20 Å². The van der Waals surface area contributed by atoms with Crippen molar-refractivity contribution in [1.29, 1.82) is 5.53 Å². The summed E-state index contributed by atoms with van der Waals surface area (Å²) < 4.78 is 5.96. The van der Waals surface area contributed by atoms with Gasteiger partial charge in [-0.15, -0.1) is 0 Å². The van der Waals surface area contributed by atoms with Gasteiger partial charge in [0.05, 0.1) is 11.6 Å². The summed E-state index contributed by atoms with van der Waals surface area (Å²) in [7, 11) is 1.58. The molecule has 5 heteroatoms. The number of nitrogens with two attached hydrogens (primary N) is 1. The second-order valence-electron chi connectivity index (χ2n) is 2.51. The fourth-order valence-electron chi connectivity index (χ4n) is 1.02. The van der Waals surface area contributed by atoms with Crippen LogP contribution in [0.5, 0.6) is 5.75 Å². The van der Waals surface area contributed by atoms with Gasteiger partial charge in [0.1, 0.15) is 11.4 Å². The first-order chi connectivity index (χ1) is 6.72. The summed E-state index contributed by atoms with van der Waals surface area (Å²) in [5, 5.41) is 3.30. The molecule has 0 aromatic heterocycles. The largest absolute Gasteiger partial charge is 0.496 e. The number of halogens is 1. The lowest BCUT2D eigenvalue weighted by atomic mass is 10.1. The molecule has 0 fully saturated rings. The smallest absolute Gasteiger partial charge is 0.133 e. The number of methoxy groups -OCH3 is 1. The Morgan fingerprint density at radius 3 is 2.86 bits per heavy atom. The molecule has 1 aromatic rings. The Balaban J connectivity index is 3.18. The van der Waals surface area contributed by atoms with Crippen molar-refractivity contribution in [2.45, 2.75) is 0 Å². The van der Waals surface area contributed by atoms with E-state index in [4.69, 9.17) is 16.0 Å². The van der Waals surface area contributed by atoms with Crippen LogP contribution in [0.15, 0.2) is 34.0 Å². The average Bonchev–Trinajstić information content (AvgIpc) is 2.22. The minimum Gasteiger partial charge on any atom is -0.496 e. The maximum Gasteiger partial charge on any atom is 0.133 e. The molecule has 0 aliphatic heterocycles. The Hall–Kier alpha value is -1.36. The molecular weight excluding hydrogens is 246 g/mol. The van der Waals surface area contributed by atoms with Gasteiger partial charge in [-0.2, -0.15) is 5.11 Å². The zero-order valence-corrected chi connectivity index (χ0v) is 9.21. The molecule has 0 radical (unpaired) electrons. The Labute approximate surface area is 90.4 Å². The van der Waals surface area contributed by atoms with Crippen molar-refractivity contribution in [1.82, 2.24) is 0 Å². The highest BCUT2D eigenvalue weighted by Crippen LogP contribution is 2.28. The number of rotatable bonds is 3. The topological polar surface area (TPSA) is 71.5 Å². The van der Waals surface area contributed by atoms with E-state index >= 15 is 0 Å². The molecule has 1 aromatic carbocycles. The normalized spacial score (nSPS) is 11.1. The first kappa shape index (κ1) is 10.7. The summed E-state index contributed by atoms with van der Waals surface area (Å²) in [5.74, 6) is 0.686. The maximum absolute atomic E-state index is 6.90. The fraction of sp³-hybridized carbons (Fsp3) is 0.111. The maximum atomic E-state index is 6.90. The summed E-state index contributed by atoms with van der Waals surface area (Å²) in [6.07, 6.45) is 1.29. The van der Waals surface area contributed by atoms with Gasteiger partial charge < -0.3 is 10.5 Å². The lowest BCUT2D eigenvalue weighted by molar-refractivity contribution is 0.412. The minimum absolute atomic E-state index is 0.413. The van der Waals surface area contributed by atoms with Crippen molar-refractivity contribution in [3.05, 3.63) is 34.4 Å². The number of ether oxygens (including phenoxy) is 1. The molecule has 0 heterocycles. The fourth-order valence-corrected chi connectivity index (χ4v) is 1.43. The molecule has 3 N–H and O–H groups in total. The lowest BCUT2D eigenvalue weighted by Crippen LogP contribution is -1.89. The molecule has 0 spiro atoms. The van der Waals surface area contributed by atoms with E-state index < -0.39 is 0 Å². The predicted octanol–water partition coefficient (Wildman–Crippen LogP) is 2.75.